The molecule has 2 heterocycles. The van der Waals surface area contributed by atoms with Crippen LogP contribution < -0.4 is 5.32 Å². The zero-order valence-electron chi connectivity index (χ0n) is 14.0. The van der Waals surface area contributed by atoms with Gasteiger partial charge in [-0.3, -0.25) is 9.59 Å². The van der Waals surface area contributed by atoms with Crippen LogP contribution in [0.4, 0.5) is 0 Å². The van der Waals surface area contributed by atoms with Crippen LogP contribution in [0, 0.1) is 16.7 Å². The number of carbonyl (C=O) groups is 2. The van der Waals surface area contributed by atoms with Crippen molar-refractivity contribution in [1.82, 2.24) is 10.2 Å². The van der Waals surface area contributed by atoms with E-state index in [-0.39, 0.29) is 23.3 Å². The maximum Gasteiger partial charge on any atom is 0.254 e. The fourth-order valence-electron chi connectivity index (χ4n) is 4.03. The van der Waals surface area contributed by atoms with Gasteiger partial charge in [-0.15, -0.1) is 11.3 Å². The van der Waals surface area contributed by atoms with Gasteiger partial charge in [-0.1, -0.05) is 0 Å². The average Bonchev–Trinajstić information content (AvgIpc) is 3.16. The molecule has 0 unspecified atom stereocenters. The fourth-order valence-corrected chi connectivity index (χ4v) is 4.71. The van der Waals surface area contributed by atoms with E-state index in [9.17, 15) is 14.7 Å². The minimum atomic E-state index is -1.10. The number of aliphatic hydroxyl groups is 1. The van der Waals surface area contributed by atoms with Crippen LogP contribution in [0.3, 0.4) is 0 Å². The molecule has 1 spiro atoms. The van der Waals surface area contributed by atoms with Crippen molar-refractivity contribution >= 4 is 23.2 Å². The van der Waals surface area contributed by atoms with Gasteiger partial charge in [-0.25, -0.2) is 0 Å². The Morgan fingerprint density at radius 2 is 1.96 bits per heavy atom. The number of rotatable bonds is 3. The van der Waals surface area contributed by atoms with E-state index in [0.29, 0.717) is 23.3 Å². The van der Waals surface area contributed by atoms with Crippen molar-refractivity contribution in [3.8, 4) is 6.07 Å². The average molecular weight is 359 g/mol. The quantitative estimate of drug-likeness (QED) is 0.858. The Balaban J connectivity index is 1.27. The van der Waals surface area contributed by atoms with Gasteiger partial charge in [-0.05, 0) is 50.0 Å². The molecule has 2 N–H and O–H groups in total. The minimum absolute atomic E-state index is 0.00716. The maximum atomic E-state index is 12.5. The summed E-state index contributed by atoms with van der Waals surface area (Å²) in [6.07, 6.45) is 4.92. The van der Waals surface area contributed by atoms with Gasteiger partial charge in [0, 0.05) is 24.5 Å². The molecule has 4 rings (SSSR count). The summed E-state index contributed by atoms with van der Waals surface area (Å²) in [5.74, 6) is -0.210. The van der Waals surface area contributed by atoms with Crippen molar-refractivity contribution in [1.29, 1.82) is 5.26 Å². The van der Waals surface area contributed by atoms with Crippen LogP contribution in [-0.4, -0.2) is 46.6 Å². The summed E-state index contributed by atoms with van der Waals surface area (Å²) < 4.78 is 0. The standard InChI is InChI=1S/C18H21N3O3S/c19-10-14-7-12(11-25-14)15(22)21-5-3-17(4-6-21)8-13(9-17)20-16(23)18(24)1-2-18/h7,11,13,24H,1-6,8-9H2,(H,20,23). The second kappa shape index (κ2) is 5.82. The molecule has 132 valence electrons. The van der Waals surface area contributed by atoms with Gasteiger partial charge in [-0.2, -0.15) is 5.26 Å². The van der Waals surface area contributed by atoms with Crippen LogP contribution in [0.5, 0.6) is 0 Å². The maximum absolute atomic E-state index is 12.5. The Hall–Kier alpha value is -1.91. The topological polar surface area (TPSA) is 93.4 Å². The van der Waals surface area contributed by atoms with Crippen LogP contribution in [0.2, 0.25) is 0 Å². The summed E-state index contributed by atoms with van der Waals surface area (Å²) in [5, 5.41) is 23.4. The molecule has 3 fully saturated rings. The molecule has 0 bridgehead atoms. The second-order valence-corrected chi connectivity index (χ2v) is 8.63. The van der Waals surface area contributed by atoms with E-state index < -0.39 is 5.60 Å². The highest BCUT2D eigenvalue weighted by molar-refractivity contribution is 7.10. The number of nitrogens with zero attached hydrogens (tertiary/aromatic N) is 2. The first-order valence-electron chi connectivity index (χ1n) is 8.74. The third kappa shape index (κ3) is 3.05. The van der Waals surface area contributed by atoms with Gasteiger partial charge in [0.2, 0.25) is 0 Å². The molecule has 6 nitrogen and oxygen atoms in total. The van der Waals surface area contributed by atoms with Crippen molar-refractivity contribution in [2.45, 2.75) is 50.2 Å². The minimum Gasteiger partial charge on any atom is -0.380 e. The summed E-state index contributed by atoms with van der Waals surface area (Å²) in [7, 11) is 0. The number of nitriles is 1. The monoisotopic (exact) mass is 359 g/mol. The van der Waals surface area contributed by atoms with Gasteiger partial charge in [0.05, 0.1) is 5.56 Å². The van der Waals surface area contributed by atoms with E-state index in [2.05, 4.69) is 11.4 Å². The number of carbonyl (C=O) groups excluding carboxylic acids is 2. The number of likely N-dealkylation sites (tertiary alicyclic amines) is 1. The fraction of sp³-hybridized carbons (Fsp3) is 0.611. The number of amides is 2. The Morgan fingerprint density at radius 1 is 1.28 bits per heavy atom. The molecule has 2 saturated carbocycles. The lowest BCUT2D eigenvalue weighted by Gasteiger charge is -2.52. The lowest BCUT2D eigenvalue weighted by molar-refractivity contribution is -0.134. The van der Waals surface area contributed by atoms with Crippen molar-refractivity contribution in [2.75, 3.05) is 13.1 Å². The highest BCUT2D eigenvalue weighted by Crippen LogP contribution is 2.49. The molecule has 1 aromatic heterocycles. The molecule has 0 atom stereocenters. The van der Waals surface area contributed by atoms with Crippen molar-refractivity contribution in [3.63, 3.8) is 0 Å². The van der Waals surface area contributed by atoms with Gasteiger partial charge in [0.25, 0.3) is 11.8 Å². The van der Waals surface area contributed by atoms with Crippen LogP contribution in [0.25, 0.3) is 0 Å². The van der Waals surface area contributed by atoms with Crippen molar-refractivity contribution < 1.29 is 14.7 Å². The lowest BCUT2D eigenvalue weighted by Crippen LogP contribution is -2.57. The molecular weight excluding hydrogens is 338 g/mol. The summed E-state index contributed by atoms with van der Waals surface area (Å²) in [6.45, 7) is 1.45. The molecule has 2 aliphatic carbocycles. The van der Waals surface area contributed by atoms with Gasteiger partial charge in [0.1, 0.15) is 16.5 Å². The van der Waals surface area contributed by atoms with E-state index in [4.69, 9.17) is 5.26 Å². The molecular formula is C18H21N3O3S. The van der Waals surface area contributed by atoms with Crippen molar-refractivity contribution in [3.05, 3.63) is 21.9 Å². The highest BCUT2D eigenvalue weighted by Gasteiger charge is 2.52. The molecule has 25 heavy (non-hydrogen) atoms. The number of thiophene rings is 1. The van der Waals surface area contributed by atoms with E-state index in [1.807, 2.05) is 4.90 Å². The Labute approximate surface area is 150 Å². The molecule has 0 radical (unpaired) electrons. The molecule has 1 aromatic rings. The largest absolute Gasteiger partial charge is 0.380 e. The molecule has 2 amide bonds. The normalized spacial score (nSPS) is 23.6. The van der Waals surface area contributed by atoms with Crippen LogP contribution in [0.15, 0.2) is 11.4 Å². The lowest BCUT2D eigenvalue weighted by atomic mass is 9.60. The Kier molecular flexibility index (Phi) is 3.85. The Bertz CT molecular complexity index is 746. The smallest absolute Gasteiger partial charge is 0.254 e. The molecule has 0 aromatic carbocycles. The second-order valence-electron chi connectivity index (χ2n) is 7.71. The van der Waals surface area contributed by atoms with Crippen molar-refractivity contribution in [2.24, 2.45) is 5.41 Å². The number of nitrogens with one attached hydrogen (secondary N) is 1. The number of hydrogen-bond donors (Lipinski definition) is 2. The molecule has 1 aliphatic heterocycles. The zero-order chi connectivity index (χ0) is 17.7. The number of piperidine rings is 1. The predicted molar refractivity (Wildman–Crippen MR) is 92.0 cm³/mol. The van der Waals surface area contributed by atoms with Gasteiger partial charge in [0.15, 0.2) is 0 Å². The molecule has 3 aliphatic rings. The highest BCUT2D eigenvalue weighted by atomic mass is 32.1. The van der Waals surface area contributed by atoms with Gasteiger partial charge < -0.3 is 15.3 Å². The summed E-state index contributed by atoms with van der Waals surface area (Å²) in [5.41, 5.74) is -0.261. The summed E-state index contributed by atoms with van der Waals surface area (Å²) >= 11 is 1.30. The third-order valence-electron chi connectivity index (χ3n) is 5.91. The van der Waals surface area contributed by atoms with E-state index in [0.717, 1.165) is 38.8 Å². The molecule has 7 heteroatoms. The van der Waals surface area contributed by atoms with Crippen LogP contribution >= 0.6 is 11.3 Å². The van der Waals surface area contributed by atoms with Crippen LogP contribution in [0.1, 0.15) is 53.8 Å². The Morgan fingerprint density at radius 3 is 2.52 bits per heavy atom. The SMILES string of the molecule is N#Cc1cc(C(=O)N2CCC3(CC2)CC(NC(=O)C2(O)CC2)C3)cs1. The third-order valence-corrected chi connectivity index (χ3v) is 6.74. The molecule has 1 saturated heterocycles. The van der Waals surface area contributed by atoms with Gasteiger partial charge >= 0.3 is 0 Å². The first-order valence-corrected chi connectivity index (χ1v) is 9.62. The van der Waals surface area contributed by atoms with E-state index >= 15 is 0 Å². The first-order chi connectivity index (χ1) is 11.9. The number of hydrogen-bond acceptors (Lipinski definition) is 5. The predicted octanol–water partition coefficient (Wildman–Crippen LogP) is 1.65. The summed E-state index contributed by atoms with van der Waals surface area (Å²) in [6, 6.07) is 3.89. The first kappa shape index (κ1) is 16.6. The van der Waals surface area contributed by atoms with Crippen LogP contribution in [-0.2, 0) is 4.79 Å². The van der Waals surface area contributed by atoms with E-state index in [1.165, 1.54) is 11.3 Å². The zero-order valence-corrected chi connectivity index (χ0v) is 14.8. The summed E-state index contributed by atoms with van der Waals surface area (Å²) in [4.78, 5) is 26.8. The van der Waals surface area contributed by atoms with E-state index in [1.54, 1.807) is 11.4 Å².